The van der Waals surface area contributed by atoms with Crippen molar-refractivity contribution >= 4 is 23.3 Å². The molecule has 1 fully saturated rings. The summed E-state index contributed by atoms with van der Waals surface area (Å²) >= 11 is 0. The Kier molecular flexibility index (Phi) is 5.83. The minimum atomic E-state index is -4.82. The minimum absolute atomic E-state index is 0.318. The first-order chi connectivity index (χ1) is 16.4. The van der Waals surface area contributed by atoms with Crippen LogP contribution in [0.4, 0.5) is 43.9 Å². The Balaban J connectivity index is 1.77. The number of nitrogens with zero attached hydrogens (tertiary/aromatic N) is 8. The van der Waals surface area contributed by atoms with Gasteiger partial charge in [-0.15, -0.1) is 0 Å². The number of nitriles is 1. The Labute approximate surface area is 193 Å². The molecule has 3 aromatic heterocycles. The van der Waals surface area contributed by atoms with Crippen molar-refractivity contribution in [2.75, 3.05) is 5.32 Å². The molecule has 0 unspecified atom stereocenters. The van der Waals surface area contributed by atoms with E-state index in [-0.39, 0.29) is 5.95 Å². The van der Waals surface area contributed by atoms with Gasteiger partial charge in [-0.2, -0.15) is 46.6 Å². The zero-order valence-corrected chi connectivity index (χ0v) is 17.6. The summed E-state index contributed by atoms with van der Waals surface area (Å²) in [4.78, 5) is 25.9. The second-order valence-electron chi connectivity index (χ2n) is 7.51. The lowest BCUT2D eigenvalue weighted by molar-refractivity contribution is -0.141. The zero-order chi connectivity index (χ0) is 25.4. The summed E-state index contributed by atoms with van der Waals surface area (Å²) in [7, 11) is 0. The number of pyridine rings is 1. The molecular weight excluding hydrogens is 480 g/mol. The van der Waals surface area contributed by atoms with E-state index < -0.39 is 46.6 Å². The fourth-order valence-electron chi connectivity index (χ4n) is 2.86. The number of alkyl halides is 6. The molecule has 35 heavy (non-hydrogen) atoms. The molecular formula is C20H13F6N9. The molecule has 0 atom stereocenters. The third kappa shape index (κ3) is 5.31. The third-order valence-corrected chi connectivity index (χ3v) is 4.93. The highest BCUT2D eigenvalue weighted by Crippen LogP contribution is 2.47. The molecule has 1 aliphatic carbocycles. The Hall–Kier alpha value is -4.22. The lowest BCUT2D eigenvalue weighted by Gasteiger charge is -2.11. The molecule has 0 radical (unpaired) electrons. The average Bonchev–Trinajstić information content (AvgIpc) is 3.59. The maximum Gasteiger partial charge on any atom is 0.434 e. The molecule has 3 heterocycles. The van der Waals surface area contributed by atoms with Crippen LogP contribution in [0.1, 0.15) is 31.2 Å². The molecule has 0 saturated heterocycles. The van der Waals surface area contributed by atoms with Gasteiger partial charge in [-0.3, -0.25) is 9.97 Å². The van der Waals surface area contributed by atoms with Crippen LogP contribution < -0.4 is 5.32 Å². The van der Waals surface area contributed by atoms with E-state index >= 15 is 0 Å². The van der Waals surface area contributed by atoms with E-state index in [9.17, 15) is 31.6 Å². The third-order valence-electron chi connectivity index (χ3n) is 4.93. The predicted molar refractivity (Wildman–Crippen MR) is 109 cm³/mol. The molecule has 15 heteroatoms. The summed E-state index contributed by atoms with van der Waals surface area (Å²) in [6.45, 7) is 0.687. The van der Waals surface area contributed by atoms with Gasteiger partial charge in [-0.1, -0.05) is 0 Å². The van der Waals surface area contributed by atoms with Gasteiger partial charge in [0.15, 0.2) is 11.5 Å². The lowest BCUT2D eigenvalue weighted by Crippen LogP contribution is -2.19. The summed E-state index contributed by atoms with van der Waals surface area (Å²) in [5, 5.41) is 12.1. The molecule has 0 aliphatic heterocycles. The van der Waals surface area contributed by atoms with Gasteiger partial charge in [0, 0.05) is 11.9 Å². The predicted octanol–water partition coefficient (Wildman–Crippen LogP) is 4.70. The normalized spacial score (nSPS) is 15.4. The highest BCUT2D eigenvalue weighted by molar-refractivity contribution is 5.89. The van der Waals surface area contributed by atoms with Crippen LogP contribution in [0, 0.1) is 11.3 Å². The van der Waals surface area contributed by atoms with E-state index in [1.165, 1.54) is 12.3 Å². The largest absolute Gasteiger partial charge is 0.434 e. The number of aliphatic imine (C=N–C) groups is 1. The molecule has 0 bridgehead atoms. The Morgan fingerprint density at radius 2 is 1.83 bits per heavy atom. The van der Waals surface area contributed by atoms with Gasteiger partial charge in [0.05, 0.1) is 29.6 Å². The molecule has 0 spiro atoms. The number of hydrogen-bond acceptors (Lipinski definition) is 9. The Morgan fingerprint density at radius 1 is 1.09 bits per heavy atom. The first-order valence-electron chi connectivity index (χ1n) is 9.83. The Morgan fingerprint density at radius 3 is 2.46 bits per heavy atom. The molecule has 1 aliphatic rings. The van der Waals surface area contributed by atoms with Crippen LogP contribution in [0.3, 0.4) is 0 Å². The van der Waals surface area contributed by atoms with Crippen molar-refractivity contribution in [2.45, 2.75) is 37.5 Å². The minimum Gasteiger partial charge on any atom is -0.324 e. The molecule has 9 nitrogen and oxygen atoms in total. The molecule has 0 aromatic carbocycles. The smallest absolute Gasteiger partial charge is 0.324 e. The van der Waals surface area contributed by atoms with Gasteiger partial charge in [-0.25, -0.2) is 9.98 Å². The topological polar surface area (TPSA) is 126 Å². The SMILES string of the molecule is C/C(=N\c1nc(Nc2ccnc(C3(C#N)CC3)c2)nc(-c2cncc(C(F)(F)F)n2)n1)C(F)(F)F. The summed E-state index contributed by atoms with van der Waals surface area (Å²) in [6, 6.07) is 5.23. The van der Waals surface area contributed by atoms with Gasteiger partial charge in [0.2, 0.25) is 5.95 Å². The average molecular weight is 493 g/mol. The lowest BCUT2D eigenvalue weighted by atomic mass is 10.0. The van der Waals surface area contributed by atoms with Crippen molar-refractivity contribution in [3.05, 3.63) is 42.1 Å². The zero-order valence-electron chi connectivity index (χ0n) is 17.6. The molecule has 1 N–H and O–H groups in total. The van der Waals surface area contributed by atoms with Crippen LogP contribution >= 0.6 is 0 Å². The summed E-state index contributed by atoms with van der Waals surface area (Å²) < 4.78 is 78.1. The van der Waals surface area contributed by atoms with Gasteiger partial charge in [-0.05, 0) is 31.9 Å². The molecule has 180 valence electrons. The van der Waals surface area contributed by atoms with Crippen molar-refractivity contribution in [3.63, 3.8) is 0 Å². The number of nitrogens with one attached hydrogen (secondary N) is 1. The van der Waals surface area contributed by atoms with Crippen molar-refractivity contribution in [1.29, 1.82) is 5.26 Å². The van der Waals surface area contributed by atoms with Gasteiger partial charge in [0.25, 0.3) is 5.95 Å². The number of hydrogen-bond donors (Lipinski definition) is 1. The van der Waals surface area contributed by atoms with E-state index in [1.54, 1.807) is 6.07 Å². The maximum absolute atomic E-state index is 13.1. The van der Waals surface area contributed by atoms with E-state index in [4.69, 9.17) is 0 Å². The molecule has 0 amide bonds. The number of anilines is 2. The van der Waals surface area contributed by atoms with Crippen LogP contribution in [0.25, 0.3) is 11.5 Å². The van der Waals surface area contributed by atoms with Crippen LogP contribution in [0.5, 0.6) is 0 Å². The molecule has 3 aromatic rings. The second kappa shape index (κ2) is 8.53. The van der Waals surface area contributed by atoms with E-state index in [0.717, 1.165) is 6.20 Å². The first-order valence-corrected chi connectivity index (χ1v) is 9.83. The standard InChI is InChI=1S/C20H13F6N9/c1-10(19(21,22)23)30-16-33-15(12-7-28-8-14(32-12)20(24,25)26)34-17(35-16)31-11-2-5-29-13(6-11)18(9-27)3-4-18/h2,5-8H,3-4H2,1H3,(H,29,31,33,34,35)/b30-10+. The highest BCUT2D eigenvalue weighted by atomic mass is 19.4. The van der Waals surface area contributed by atoms with Crippen molar-refractivity contribution in [3.8, 4) is 17.6 Å². The monoisotopic (exact) mass is 493 g/mol. The number of rotatable bonds is 5. The quantitative estimate of drug-likeness (QED) is 0.401. The molecule has 1 saturated carbocycles. The van der Waals surface area contributed by atoms with Crippen molar-refractivity contribution in [1.82, 2.24) is 29.9 Å². The summed E-state index contributed by atoms with van der Waals surface area (Å²) in [6.07, 6.45) is -5.53. The summed E-state index contributed by atoms with van der Waals surface area (Å²) in [5.41, 5.74) is -2.98. The van der Waals surface area contributed by atoms with Crippen molar-refractivity contribution < 1.29 is 26.3 Å². The van der Waals surface area contributed by atoms with Gasteiger partial charge in [0.1, 0.15) is 11.4 Å². The van der Waals surface area contributed by atoms with E-state index in [2.05, 4.69) is 46.3 Å². The van der Waals surface area contributed by atoms with Gasteiger partial charge < -0.3 is 5.32 Å². The van der Waals surface area contributed by atoms with Crippen LogP contribution in [-0.4, -0.2) is 41.8 Å². The second-order valence-corrected chi connectivity index (χ2v) is 7.51. The van der Waals surface area contributed by atoms with Crippen LogP contribution in [0.15, 0.2) is 35.7 Å². The number of halogens is 6. The maximum atomic E-state index is 13.1. The van der Waals surface area contributed by atoms with E-state index in [0.29, 0.717) is 37.3 Å². The fourth-order valence-corrected chi connectivity index (χ4v) is 2.86. The van der Waals surface area contributed by atoms with Crippen molar-refractivity contribution in [2.24, 2.45) is 4.99 Å². The van der Waals surface area contributed by atoms with Crippen LogP contribution in [0.2, 0.25) is 0 Å². The van der Waals surface area contributed by atoms with Gasteiger partial charge >= 0.3 is 12.4 Å². The fraction of sp³-hybridized carbons (Fsp3) is 0.300. The number of aromatic nitrogens is 6. The highest BCUT2D eigenvalue weighted by Gasteiger charge is 2.46. The first kappa shape index (κ1) is 23.9. The Bertz CT molecular complexity index is 1340. The summed E-state index contributed by atoms with van der Waals surface area (Å²) in [5.74, 6) is -1.52. The molecule has 4 rings (SSSR count). The van der Waals surface area contributed by atoms with Crippen LogP contribution in [-0.2, 0) is 11.6 Å². The van der Waals surface area contributed by atoms with E-state index in [1.807, 2.05) is 0 Å².